The number of fused-ring (bicyclic) bond motifs is 1. The number of amides is 2. The van der Waals surface area contributed by atoms with Crippen LogP contribution in [0.1, 0.15) is 44.1 Å². The fourth-order valence-corrected chi connectivity index (χ4v) is 5.18. The van der Waals surface area contributed by atoms with Crippen molar-refractivity contribution in [2.24, 2.45) is 5.92 Å². The van der Waals surface area contributed by atoms with Crippen LogP contribution >= 0.6 is 0 Å². The summed E-state index contributed by atoms with van der Waals surface area (Å²) in [5.41, 5.74) is 8.70. The molecule has 0 saturated heterocycles. The zero-order valence-corrected chi connectivity index (χ0v) is 25.2. The van der Waals surface area contributed by atoms with Crippen molar-refractivity contribution in [3.8, 4) is 0 Å². The van der Waals surface area contributed by atoms with Crippen molar-refractivity contribution in [3.05, 3.63) is 72.2 Å². The molecule has 44 heavy (non-hydrogen) atoms. The fourth-order valence-electron chi connectivity index (χ4n) is 5.18. The molecule has 1 aromatic heterocycles. The number of hydrogen-bond acceptors (Lipinski definition) is 9. The Morgan fingerprint density at radius 1 is 1.00 bits per heavy atom. The first-order chi connectivity index (χ1) is 21.5. The molecule has 1 aliphatic heterocycles. The molecule has 3 aromatic rings. The van der Waals surface area contributed by atoms with Crippen molar-refractivity contribution < 1.29 is 38.1 Å². The molecule has 4 rings (SSSR count). The number of nitrogen functional groups attached to an aromatic ring is 1. The molecule has 0 spiro atoms. The van der Waals surface area contributed by atoms with Gasteiger partial charge in [0.1, 0.15) is 5.58 Å². The van der Waals surface area contributed by atoms with E-state index in [1.165, 1.54) is 0 Å². The molecular formula is C33H43N3O8. The number of nitrogens with one attached hydrogen (secondary N) is 2. The van der Waals surface area contributed by atoms with E-state index in [9.17, 15) is 9.59 Å². The van der Waals surface area contributed by atoms with E-state index in [4.69, 9.17) is 34.2 Å². The van der Waals surface area contributed by atoms with Crippen LogP contribution < -0.4 is 16.4 Å². The average molecular weight is 610 g/mol. The largest absolute Gasteiger partial charge is 0.464 e. The second kappa shape index (κ2) is 17.4. The van der Waals surface area contributed by atoms with Gasteiger partial charge in [0.25, 0.3) is 5.91 Å². The molecule has 0 fully saturated rings. The number of ether oxygens (including phenoxy) is 4. The van der Waals surface area contributed by atoms with Gasteiger partial charge in [-0.15, -0.1) is 0 Å². The molecule has 0 unspecified atom stereocenters. The normalized spacial score (nSPS) is 18.0. The molecule has 0 aliphatic carbocycles. The van der Waals surface area contributed by atoms with E-state index in [0.29, 0.717) is 70.0 Å². The van der Waals surface area contributed by atoms with Gasteiger partial charge in [0.15, 0.2) is 5.76 Å². The van der Waals surface area contributed by atoms with Crippen molar-refractivity contribution >= 4 is 34.2 Å². The van der Waals surface area contributed by atoms with Crippen LogP contribution in [0.2, 0.25) is 0 Å². The van der Waals surface area contributed by atoms with Gasteiger partial charge in [-0.05, 0) is 50.5 Å². The topological polar surface area (TPSA) is 155 Å². The SMILES string of the molecule is CCO[C@@H]1OC(C(=O)NCCCCC(=O)Nc2ccccc2N)=C[C@H](c2coc3ccccc23)[C@H]1CCOCCOCCO. The minimum absolute atomic E-state index is 0.0279. The second-order valence-corrected chi connectivity index (χ2v) is 10.4. The predicted octanol–water partition coefficient (Wildman–Crippen LogP) is 4.33. The number of carbonyl (C=O) groups excluding carboxylic acids is 2. The van der Waals surface area contributed by atoms with E-state index in [1.54, 1.807) is 18.4 Å². The molecule has 0 bridgehead atoms. The molecule has 2 heterocycles. The Bertz CT molecular complexity index is 1370. The number of allylic oxidation sites excluding steroid dienone is 1. The molecule has 11 nitrogen and oxygen atoms in total. The first-order valence-electron chi connectivity index (χ1n) is 15.2. The lowest BCUT2D eigenvalue weighted by Gasteiger charge is -2.36. The van der Waals surface area contributed by atoms with E-state index in [-0.39, 0.29) is 42.6 Å². The van der Waals surface area contributed by atoms with E-state index >= 15 is 0 Å². The quantitative estimate of drug-likeness (QED) is 0.122. The summed E-state index contributed by atoms with van der Waals surface area (Å²) in [4.78, 5) is 25.6. The highest BCUT2D eigenvalue weighted by molar-refractivity contribution is 5.94. The molecular weight excluding hydrogens is 566 g/mol. The third kappa shape index (κ3) is 9.30. The van der Waals surface area contributed by atoms with Crippen molar-refractivity contribution in [1.29, 1.82) is 0 Å². The van der Waals surface area contributed by atoms with Crippen LogP contribution in [-0.2, 0) is 28.5 Å². The van der Waals surface area contributed by atoms with Gasteiger partial charge in [-0.1, -0.05) is 30.3 Å². The van der Waals surface area contributed by atoms with Crippen molar-refractivity contribution in [3.63, 3.8) is 0 Å². The summed E-state index contributed by atoms with van der Waals surface area (Å²) >= 11 is 0. The third-order valence-corrected chi connectivity index (χ3v) is 7.36. The number of unbranched alkanes of at least 4 members (excludes halogenated alkanes) is 1. The zero-order chi connectivity index (χ0) is 31.1. The lowest BCUT2D eigenvalue weighted by Crippen LogP contribution is -2.39. The van der Waals surface area contributed by atoms with E-state index in [0.717, 1.165) is 16.5 Å². The Balaban J connectivity index is 1.38. The first kappa shape index (κ1) is 33.0. The Morgan fingerprint density at radius 3 is 2.57 bits per heavy atom. The van der Waals surface area contributed by atoms with Crippen LogP contribution in [0.4, 0.5) is 11.4 Å². The Morgan fingerprint density at radius 2 is 1.77 bits per heavy atom. The molecule has 5 N–H and O–H groups in total. The van der Waals surface area contributed by atoms with Gasteiger partial charge in [0.05, 0.1) is 44.1 Å². The molecule has 1 aliphatic rings. The molecule has 238 valence electrons. The highest BCUT2D eigenvalue weighted by Crippen LogP contribution is 2.42. The van der Waals surface area contributed by atoms with Gasteiger partial charge in [-0.25, -0.2) is 0 Å². The number of para-hydroxylation sites is 3. The van der Waals surface area contributed by atoms with E-state index < -0.39 is 6.29 Å². The summed E-state index contributed by atoms with van der Waals surface area (Å²) in [6.07, 6.45) is 5.03. The maximum absolute atomic E-state index is 13.3. The zero-order valence-electron chi connectivity index (χ0n) is 25.2. The smallest absolute Gasteiger partial charge is 0.286 e. The molecule has 2 amide bonds. The number of aliphatic hydroxyl groups is 1. The summed E-state index contributed by atoms with van der Waals surface area (Å²) in [6, 6.07) is 14.9. The van der Waals surface area contributed by atoms with E-state index in [1.807, 2.05) is 49.4 Å². The van der Waals surface area contributed by atoms with Gasteiger partial charge in [0, 0.05) is 49.0 Å². The molecule has 2 aromatic carbocycles. The second-order valence-electron chi connectivity index (χ2n) is 10.4. The summed E-state index contributed by atoms with van der Waals surface area (Å²) in [6.45, 7) is 4.15. The molecule has 3 atom stereocenters. The van der Waals surface area contributed by atoms with Crippen LogP contribution in [0, 0.1) is 5.92 Å². The highest BCUT2D eigenvalue weighted by atomic mass is 16.7. The molecule has 0 radical (unpaired) electrons. The van der Waals surface area contributed by atoms with Gasteiger partial charge < -0.3 is 44.8 Å². The number of nitrogens with two attached hydrogens (primary N) is 1. The molecule has 11 heteroatoms. The van der Waals surface area contributed by atoms with Crippen molar-refractivity contribution in [2.45, 2.75) is 44.8 Å². The number of anilines is 2. The van der Waals surface area contributed by atoms with Crippen molar-refractivity contribution in [2.75, 3.05) is 57.2 Å². The van der Waals surface area contributed by atoms with Crippen LogP contribution in [-0.4, -0.2) is 69.4 Å². The monoisotopic (exact) mass is 609 g/mol. The third-order valence-electron chi connectivity index (χ3n) is 7.36. The summed E-state index contributed by atoms with van der Waals surface area (Å²) in [5.74, 6) is -0.665. The average Bonchev–Trinajstić information content (AvgIpc) is 3.46. The van der Waals surface area contributed by atoms with Crippen LogP contribution in [0.5, 0.6) is 0 Å². The minimum Gasteiger partial charge on any atom is -0.464 e. The Hall–Kier alpha value is -3.90. The molecule has 0 saturated carbocycles. The van der Waals surface area contributed by atoms with Crippen molar-refractivity contribution in [1.82, 2.24) is 5.32 Å². The fraction of sp³-hybridized carbons (Fsp3) is 0.455. The number of hydrogen-bond donors (Lipinski definition) is 4. The first-order valence-corrected chi connectivity index (χ1v) is 15.2. The maximum Gasteiger partial charge on any atom is 0.286 e. The predicted molar refractivity (Wildman–Crippen MR) is 167 cm³/mol. The van der Waals surface area contributed by atoms with Crippen LogP contribution in [0.25, 0.3) is 11.0 Å². The van der Waals surface area contributed by atoms with Crippen LogP contribution in [0.3, 0.4) is 0 Å². The standard InChI is InChI=1S/C33H43N3O8/c1-2-42-33-24(14-17-40-19-20-41-18-16-37)25(26-22-43-29-12-6-3-9-23(26)29)21-30(44-33)32(39)35-15-8-7-13-31(38)36-28-11-5-4-10-27(28)34/h3-6,9-12,21-22,24-25,33,37H,2,7-8,13-20,34H2,1H3,(H,35,39)(H,36,38)/t24-,25+,33-/m1/s1. The van der Waals surface area contributed by atoms with E-state index in [2.05, 4.69) is 10.6 Å². The summed E-state index contributed by atoms with van der Waals surface area (Å²) < 4.78 is 29.1. The number of rotatable bonds is 18. The number of furan rings is 1. The van der Waals surface area contributed by atoms with Gasteiger partial charge in [0.2, 0.25) is 12.2 Å². The highest BCUT2D eigenvalue weighted by Gasteiger charge is 2.39. The Labute approximate surface area is 257 Å². The number of aliphatic hydroxyl groups excluding tert-OH is 1. The lowest BCUT2D eigenvalue weighted by molar-refractivity contribution is -0.168. The lowest BCUT2D eigenvalue weighted by atomic mass is 9.81. The number of carbonyl (C=O) groups is 2. The van der Waals surface area contributed by atoms with Gasteiger partial charge in [-0.2, -0.15) is 0 Å². The number of benzene rings is 2. The van der Waals surface area contributed by atoms with Gasteiger partial charge >= 0.3 is 0 Å². The Kier molecular flexibility index (Phi) is 13.1. The minimum atomic E-state index is -0.673. The van der Waals surface area contributed by atoms with Crippen LogP contribution in [0.15, 0.2) is 71.0 Å². The van der Waals surface area contributed by atoms with Gasteiger partial charge in [-0.3, -0.25) is 9.59 Å². The maximum atomic E-state index is 13.3. The summed E-state index contributed by atoms with van der Waals surface area (Å²) in [5, 5.41) is 15.6. The summed E-state index contributed by atoms with van der Waals surface area (Å²) in [7, 11) is 0.